The molecule has 0 radical (unpaired) electrons. The van der Waals surface area contributed by atoms with E-state index in [-0.39, 0.29) is 57.5 Å². The van der Waals surface area contributed by atoms with Gasteiger partial charge in [-0.25, -0.2) is 29.3 Å². The minimum absolute atomic E-state index is 0.0300. The topological polar surface area (TPSA) is 237 Å². The number of nitrogens with one attached hydrogen (secondary N) is 1. The third-order valence-corrected chi connectivity index (χ3v) is 6.23. The molecule has 0 unspecified atom stereocenters. The van der Waals surface area contributed by atoms with Crippen LogP contribution in [0.3, 0.4) is 0 Å². The van der Waals surface area contributed by atoms with E-state index < -0.39 is 21.4 Å². The molecule has 5 aromatic rings. The summed E-state index contributed by atoms with van der Waals surface area (Å²) in [6.45, 7) is 0. The Morgan fingerprint density at radius 2 is 1.36 bits per heavy atom. The standard InChI is InChI=1S/C17H15N7O3.C10H7FN4O2/c18-13-7-11(23-8-14(21-9-23)17(25)22-10-2-3-10)6-12(15(13)24(26)27)16-19-4-1-5-20-16;11-6-4-7(10-13-2-1-3-14-10)9(15(16)17)8(12)5-6/h1,4-10H,2-3,18H2,(H,22,25);1-5H,12H2. The molecule has 0 atom stereocenters. The minimum atomic E-state index is -0.680. The van der Waals surface area contributed by atoms with Crippen molar-refractivity contribution in [3.63, 3.8) is 0 Å². The van der Waals surface area contributed by atoms with E-state index in [1.165, 1.54) is 37.2 Å². The number of nitro benzene ring substituents is 2. The number of carbonyl (C=O) groups is 1. The molecule has 2 aromatic carbocycles. The molecule has 44 heavy (non-hydrogen) atoms. The Morgan fingerprint density at radius 1 is 0.841 bits per heavy atom. The predicted molar refractivity (Wildman–Crippen MR) is 155 cm³/mol. The average Bonchev–Trinajstić information content (AvgIpc) is 3.67. The molecule has 0 aliphatic heterocycles. The highest BCUT2D eigenvalue weighted by Gasteiger charge is 2.26. The minimum Gasteiger partial charge on any atom is -0.393 e. The van der Waals surface area contributed by atoms with Gasteiger partial charge in [-0.3, -0.25) is 25.0 Å². The lowest BCUT2D eigenvalue weighted by Gasteiger charge is -2.09. The number of benzene rings is 2. The summed E-state index contributed by atoms with van der Waals surface area (Å²) in [5.41, 5.74) is 11.3. The summed E-state index contributed by atoms with van der Waals surface area (Å²) in [5, 5.41) is 25.2. The number of nitrogens with two attached hydrogens (primary N) is 2. The molecule has 1 aliphatic carbocycles. The summed E-state index contributed by atoms with van der Waals surface area (Å²) in [6.07, 6.45) is 10.8. The lowest BCUT2D eigenvalue weighted by Crippen LogP contribution is -2.25. The van der Waals surface area contributed by atoms with Crippen molar-refractivity contribution >= 4 is 28.7 Å². The van der Waals surface area contributed by atoms with Gasteiger partial charge in [0, 0.05) is 48.8 Å². The number of imidazole rings is 1. The van der Waals surface area contributed by atoms with E-state index >= 15 is 0 Å². The fourth-order valence-electron chi connectivity index (χ4n) is 4.10. The molecule has 17 heteroatoms. The number of carbonyl (C=O) groups excluding carboxylic acids is 1. The molecule has 0 spiro atoms. The molecule has 3 heterocycles. The van der Waals surface area contributed by atoms with Gasteiger partial charge in [-0.15, -0.1) is 0 Å². The van der Waals surface area contributed by atoms with E-state index in [4.69, 9.17) is 11.5 Å². The van der Waals surface area contributed by atoms with Crippen molar-refractivity contribution in [3.8, 4) is 28.5 Å². The third-order valence-electron chi connectivity index (χ3n) is 6.23. The van der Waals surface area contributed by atoms with Crippen LogP contribution in [0, 0.1) is 26.0 Å². The number of aromatic nitrogens is 6. The molecule has 1 amide bonds. The van der Waals surface area contributed by atoms with E-state index in [0.29, 0.717) is 5.69 Å². The van der Waals surface area contributed by atoms with Gasteiger partial charge in [0.2, 0.25) is 0 Å². The van der Waals surface area contributed by atoms with Crippen LogP contribution in [0.1, 0.15) is 23.3 Å². The molecule has 5 N–H and O–H groups in total. The predicted octanol–water partition coefficient (Wildman–Crippen LogP) is 3.49. The number of halogens is 1. The van der Waals surface area contributed by atoms with Crippen LogP contribution in [0.5, 0.6) is 0 Å². The van der Waals surface area contributed by atoms with E-state index in [1.807, 2.05) is 0 Å². The molecule has 1 aliphatic rings. The Labute approximate surface area is 246 Å². The number of hydrogen-bond acceptors (Lipinski definition) is 12. The lowest BCUT2D eigenvalue weighted by molar-refractivity contribution is -0.383. The van der Waals surface area contributed by atoms with E-state index in [9.17, 15) is 29.4 Å². The van der Waals surface area contributed by atoms with Crippen LogP contribution in [-0.4, -0.2) is 51.3 Å². The van der Waals surface area contributed by atoms with Gasteiger partial charge < -0.3 is 21.4 Å². The van der Waals surface area contributed by atoms with Crippen LogP contribution in [0.25, 0.3) is 28.5 Å². The zero-order chi connectivity index (χ0) is 31.4. The number of rotatable bonds is 7. The highest BCUT2D eigenvalue weighted by molar-refractivity contribution is 5.92. The van der Waals surface area contributed by atoms with Crippen LogP contribution in [0.15, 0.2) is 73.7 Å². The molecule has 0 saturated heterocycles. The fourth-order valence-corrected chi connectivity index (χ4v) is 4.10. The zero-order valence-electron chi connectivity index (χ0n) is 22.6. The molecule has 16 nitrogen and oxygen atoms in total. The summed E-state index contributed by atoms with van der Waals surface area (Å²) >= 11 is 0. The van der Waals surface area contributed by atoms with E-state index in [2.05, 4.69) is 30.2 Å². The molecular weight excluding hydrogens is 577 g/mol. The van der Waals surface area contributed by atoms with Gasteiger partial charge in [0.25, 0.3) is 5.91 Å². The molecule has 3 aromatic heterocycles. The normalized spacial score (nSPS) is 12.1. The Hall–Kier alpha value is -6.39. The first kappa shape index (κ1) is 29.1. The van der Waals surface area contributed by atoms with Crippen molar-refractivity contribution in [2.75, 3.05) is 11.5 Å². The molecule has 1 saturated carbocycles. The maximum atomic E-state index is 13.2. The Bertz CT molecular complexity index is 1870. The maximum Gasteiger partial charge on any atom is 0.303 e. The first-order valence-electron chi connectivity index (χ1n) is 12.8. The van der Waals surface area contributed by atoms with Crippen molar-refractivity contribution in [2.24, 2.45) is 0 Å². The zero-order valence-corrected chi connectivity index (χ0v) is 22.6. The second-order valence-corrected chi connectivity index (χ2v) is 9.40. The Morgan fingerprint density at radius 3 is 1.89 bits per heavy atom. The molecule has 222 valence electrons. The van der Waals surface area contributed by atoms with Crippen molar-refractivity contribution < 1.29 is 19.0 Å². The summed E-state index contributed by atoms with van der Waals surface area (Å²) in [7, 11) is 0. The smallest absolute Gasteiger partial charge is 0.303 e. The van der Waals surface area contributed by atoms with Crippen molar-refractivity contribution in [1.29, 1.82) is 0 Å². The van der Waals surface area contributed by atoms with Crippen molar-refractivity contribution in [2.45, 2.75) is 18.9 Å². The van der Waals surface area contributed by atoms with Gasteiger partial charge in [0.1, 0.15) is 40.3 Å². The van der Waals surface area contributed by atoms with Crippen LogP contribution in [-0.2, 0) is 0 Å². The summed E-state index contributed by atoms with van der Waals surface area (Å²) < 4.78 is 14.8. The second-order valence-electron chi connectivity index (χ2n) is 9.40. The Balaban J connectivity index is 0.000000195. The maximum absolute atomic E-state index is 13.2. The molecule has 1 fully saturated rings. The first-order valence-corrected chi connectivity index (χ1v) is 12.8. The SMILES string of the molecule is Nc1cc(-n2cnc(C(=O)NC3CC3)c2)cc(-c2ncccn2)c1[N+](=O)[O-].Nc1cc(F)cc(-c2ncccn2)c1[N+](=O)[O-]. The number of anilines is 2. The quantitative estimate of drug-likeness (QED) is 0.138. The van der Waals surface area contributed by atoms with Gasteiger partial charge in [-0.2, -0.15) is 0 Å². The fraction of sp³-hybridized carbons (Fsp3) is 0.111. The largest absolute Gasteiger partial charge is 0.393 e. The number of nitro groups is 2. The van der Waals surface area contributed by atoms with Gasteiger partial charge in [0.15, 0.2) is 11.6 Å². The highest BCUT2D eigenvalue weighted by atomic mass is 19.1. The highest BCUT2D eigenvalue weighted by Crippen LogP contribution is 2.36. The van der Waals surface area contributed by atoms with Crippen LogP contribution >= 0.6 is 0 Å². The average molecular weight is 600 g/mol. The molecule has 0 bridgehead atoms. The first-order chi connectivity index (χ1) is 21.1. The second kappa shape index (κ2) is 12.2. The van der Waals surface area contributed by atoms with Gasteiger partial charge >= 0.3 is 11.4 Å². The number of amides is 1. The molecular formula is C27H22FN11O5. The van der Waals surface area contributed by atoms with Crippen molar-refractivity contribution in [1.82, 2.24) is 34.8 Å². The number of hydrogen-bond donors (Lipinski definition) is 3. The van der Waals surface area contributed by atoms with Crippen molar-refractivity contribution in [3.05, 3.63) is 105 Å². The van der Waals surface area contributed by atoms with Gasteiger partial charge in [0.05, 0.1) is 9.85 Å². The molecule has 6 rings (SSSR count). The van der Waals surface area contributed by atoms with Crippen LogP contribution in [0.4, 0.5) is 27.1 Å². The van der Waals surface area contributed by atoms with E-state index in [1.54, 1.807) is 29.0 Å². The number of nitrogens with zero attached hydrogens (tertiary/aromatic N) is 8. The summed E-state index contributed by atoms with van der Waals surface area (Å²) in [6, 6.07) is 8.28. The third kappa shape index (κ3) is 6.40. The van der Waals surface area contributed by atoms with Gasteiger partial charge in [-0.1, -0.05) is 0 Å². The monoisotopic (exact) mass is 599 g/mol. The number of nitrogen functional groups attached to an aromatic ring is 2. The van der Waals surface area contributed by atoms with E-state index in [0.717, 1.165) is 25.0 Å². The van der Waals surface area contributed by atoms with Crippen LogP contribution < -0.4 is 16.8 Å². The summed E-state index contributed by atoms with van der Waals surface area (Å²) in [5.74, 6) is -0.678. The Kier molecular flexibility index (Phi) is 8.09. The lowest BCUT2D eigenvalue weighted by atomic mass is 10.1. The summed E-state index contributed by atoms with van der Waals surface area (Å²) in [4.78, 5) is 53.2. The van der Waals surface area contributed by atoms with Gasteiger partial charge in [-0.05, 0) is 43.2 Å². The van der Waals surface area contributed by atoms with Crippen LogP contribution in [0.2, 0.25) is 0 Å².